The summed E-state index contributed by atoms with van der Waals surface area (Å²) in [5.41, 5.74) is 1.30. The number of nitrogens with zero attached hydrogens (tertiary/aromatic N) is 1. The van der Waals surface area contributed by atoms with Gasteiger partial charge in [-0.15, -0.1) is 0 Å². The number of amides is 2. The third-order valence-corrected chi connectivity index (χ3v) is 6.33. The molecule has 10 heteroatoms. The maximum Gasteiger partial charge on any atom is 0.266 e. The molecule has 0 atom stereocenters. The van der Waals surface area contributed by atoms with Crippen molar-refractivity contribution in [3.05, 3.63) is 82.1 Å². The fraction of sp³-hybridized carbons (Fsp3) is 0.125. The van der Waals surface area contributed by atoms with Gasteiger partial charge in [-0.1, -0.05) is 47.7 Å². The number of halogens is 1. The zero-order valence-corrected chi connectivity index (χ0v) is 20.3. The van der Waals surface area contributed by atoms with Gasteiger partial charge in [0.05, 0.1) is 24.8 Å². The average Bonchev–Trinajstić information content (AvgIpc) is 3.42. The molecule has 0 saturated carbocycles. The Morgan fingerprint density at radius 3 is 2.79 bits per heavy atom. The number of ether oxygens (including phenoxy) is 2. The van der Waals surface area contributed by atoms with Crippen molar-refractivity contribution in [2.45, 2.75) is 6.54 Å². The molecule has 3 aromatic rings. The number of furan rings is 1. The minimum atomic E-state index is -0.339. The Hall–Kier alpha value is -3.27. The summed E-state index contributed by atoms with van der Waals surface area (Å²) in [6, 6.07) is 15.6. The van der Waals surface area contributed by atoms with Crippen LogP contribution >= 0.6 is 35.6 Å². The van der Waals surface area contributed by atoms with E-state index in [-0.39, 0.29) is 25.0 Å². The summed E-state index contributed by atoms with van der Waals surface area (Å²) < 4.78 is 16.8. The van der Waals surface area contributed by atoms with Gasteiger partial charge >= 0.3 is 0 Å². The van der Waals surface area contributed by atoms with Crippen molar-refractivity contribution >= 4 is 63.5 Å². The van der Waals surface area contributed by atoms with Crippen molar-refractivity contribution < 1.29 is 23.5 Å². The fourth-order valence-electron chi connectivity index (χ4n) is 3.15. The van der Waals surface area contributed by atoms with Crippen LogP contribution in [-0.4, -0.2) is 34.8 Å². The lowest BCUT2D eigenvalue weighted by molar-refractivity contribution is -0.122. The number of carbonyl (C=O) groups is 2. The van der Waals surface area contributed by atoms with Crippen molar-refractivity contribution in [2.75, 3.05) is 19.0 Å². The molecule has 1 N–H and O–H groups in total. The Bertz CT molecular complexity index is 1260. The molecule has 34 heavy (non-hydrogen) atoms. The topological polar surface area (TPSA) is 81.0 Å². The Kier molecular flexibility index (Phi) is 7.56. The van der Waals surface area contributed by atoms with Crippen LogP contribution in [0.3, 0.4) is 0 Å². The van der Waals surface area contributed by atoms with E-state index < -0.39 is 0 Å². The number of carbonyl (C=O) groups excluding carboxylic acids is 2. The summed E-state index contributed by atoms with van der Waals surface area (Å²) in [7, 11) is 1.50. The monoisotopic (exact) mass is 514 g/mol. The predicted octanol–water partition coefficient (Wildman–Crippen LogP) is 5.36. The molecule has 1 aliphatic rings. The van der Waals surface area contributed by atoms with Crippen molar-refractivity contribution in [2.24, 2.45) is 0 Å². The van der Waals surface area contributed by atoms with Gasteiger partial charge in [-0.05, 0) is 54.1 Å². The van der Waals surface area contributed by atoms with E-state index in [2.05, 4.69) is 5.32 Å². The van der Waals surface area contributed by atoms with E-state index in [0.717, 1.165) is 5.56 Å². The Morgan fingerprint density at radius 2 is 2.06 bits per heavy atom. The molecule has 0 radical (unpaired) electrons. The Balaban J connectivity index is 1.41. The van der Waals surface area contributed by atoms with Crippen LogP contribution in [-0.2, 0) is 16.1 Å². The molecule has 0 spiro atoms. The van der Waals surface area contributed by atoms with Gasteiger partial charge in [-0.25, -0.2) is 0 Å². The summed E-state index contributed by atoms with van der Waals surface area (Å²) in [5, 5.41) is 3.24. The zero-order chi connectivity index (χ0) is 24.1. The average molecular weight is 515 g/mol. The first-order valence-corrected chi connectivity index (χ1v) is 11.7. The van der Waals surface area contributed by atoms with Gasteiger partial charge < -0.3 is 19.2 Å². The number of thioether (sulfide) groups is 1. The maximum absolute atomic E-state index is 12.8. The molecule has 1 fully saturated rings. The Labute approximate surface area is 210 Å². The van der Waals surface area contributed by atoms with E-state index in [1.54, 1.807) is 66.9 Å². The third kappa shape index (κ3) is 5.80. The molecule has 1 saturated heterocycles. The molecule has 7 nitrogen and oxygen atoms in total. The van der Waals surface area contributed by atoms with E-state index in [4.69, 9.17) is 37.7 Å². The highest BCUT2D eigenvalue weighted by atomic mass is 35.5. The minimum Gasteiger partial charge on any atom is -0.493 e. The SMILES string of the molecule is COc1cc(/C=C2\SC(=S)N(Cc3ccco3)C2=O)ccc1OCC(=O)Nc1cccc(Cl)c1. The van der Waals surface area contributed by atoms with Gasteiger partial charge in [0.2, 0.25) is 0 Å². The van der Waals surface area contributed by atoms with Crippen molar-refractivity contribution in [3.63, 3.8) is 0 Å². The summed E-state index contributed by atoms with van der Waals surface area (Å²) in [6.07, 6.45) is 3.29. The largest absolute Gasteiger partial charge is 0.493 e. The highest BCUT2D eigenvalue weighted by Crippen LogP contribution is 2.35. The Morgan fingerprint density at radius 1 is 1.21 bits per heavy atom. The summed E-state index contributed by atoms with van der Waals surface area (Å²) in [6.45, 7) is 0.0655. The lowest BCUT2D eigenvalue weighted by Gasteiger charge is -2.12. The number of nitrogens with one attached hydrogen (secondary N) is 1. The molecule has 1 aromatic heterocycles. The predicted molar refractivity (Wildman–Crippen MR) is 136 cm³/mol. The van der Waals surface area contributed by atoms with Crippen molar-refractivity contribution in [3.8, 4) is 11.5 Å². The first-order chi connectivity index (χ1) is 16.4. The van der Waals surface area contributed by atoms with Crippen LogP contribution in [0.5, 0.6) is 11.5 Å². The van der Waals surface area contributed by atoms with E-state index in [9.17, 15) is 9.59 Å². The molecule has 0 aliphatic carbocycles. The van der Waals surface area contributed by atoms with Crippen LogP contribution in [0.1, 0.15) is 11.3 Å². The molecule has 4 rings (SSSR count). The van der Waals surface area contributed by atoms with Crippen LogP contribution in [0.15, 0.2) is 70.2 Å². The molecule has 2 heterocycles. The molecular weight excluding hydrogens is 496 g/mol. The van der Waals surface area contributed by atoms with E-state index in [0.29, 0.717) is 37.2 Å². The lowest BCUT2D eigenvalue weighted by Crippen LogP contribution is -2.27. The van der Waals surface area contributed by atoms with Gasteiger partial charge in [0.15, 0.2) is 18.1 Å². The third-order valence-electron chi connectivity index (χ3n) is 4.72. The molecule has 2 amide bonds. The number of methoxy groups -OCH3 is 1. The molecule has 174 valence electrons. The van der Waals surface area contributed by atoms with Crippen molar-refractivity contribution in [1.29, 1.82) is 0 Å². The standard InChI is InChI=1S/C24H19ClN2O5S2/c1-30-20-10-15(11-21-23(29)27(24(33)34-21)13-18-6-3-9-31-18)7-8-19(20)32-14-22(28)26-17-5-2-4-16(25)12-17/h2-12H,13-14H2,1H3,(H,26,28)/b21-11-. The van der Waals surface area contributed by atoms with Crippen molar-refractivity contribution in [1.82, 2.24) is 4.90 Å². The molecule has 1 aliphatic heterocycles. The van der Waals surface area contributed by atoms with Gasteiger partial charge in [-0.3, -0.25) is 14.5 Å². The number of rotatable bonds is 8. The highest BCUT2D eigenvalue weighted by molar-refractivity contribution is 8.26. The van der Waals surface area contributed by atoms with Gasteiger partial charge in [0, 0.05) is 10.7 Å². The number of anilines is 1. The number of hydrogen-bond donors (Lipinski definition) is 1. The molecule has 0 bridgehead atoms. The molecular formula is C24H19ClN2O5S2. The van der Waals surface area contributed by atoms with E-state index in [1.165, 1.54) is 23.8 Å². The summed E-state index contributed by atoms with van der Waals surface area (Å²) in [4.78, 5) is 27.0. The van der Waals surface area contributed by atoms with Crippen LogP contribution in [0.2, 0.25) is 5.02 Å². The number of thiocarbonyl (C=S) groups is 1. The van der Waals surface area contributed by atoms with Crippen LogP contribution in [0.4, 0.5) is 5.69 Å². The second-order valence-corrected chi connectivity index (χ2v) is 9.22. The fourth-order valence-corrected chi connectivity index (χ4v) is 4.59. The minimum absolute atomic E-state index is 0.191. The highest BCUT2D eigenvalue weighted by Gasteiger charge is 2.32. The molecule has 2 aromatic carbocycles. The van der Waals surface area contributed by atoms with Crippen LogP contribution < -0.4 is 14.8 Å². The van der Waals surface area contributed by atoms with Gasteiger partial charge in [0.1, 0.15) is 10.1 Å². The maximum atomic E-state index is 12.8. The van der Waals surface area contributed by atoms with Crippen LogP contribution in [0.25, 0.3) is 6.08 Å². The van der Waals surface area contributed by atoms with E-state index in [1.807, 2.05) is 0 Å². The summed E-state index contributed by atoms with van der Waals surface area (Å²) in [5.74, 6) is 0.943. The normalized spacial score (nSPS) is 14.5. The lowest BCUT2D eigenvalue weighted by atomic mass is 10.2. The van der Waals surface area contributed by atoms with E-state index >= 15 is 0 Å². The zero-order valence-electron chi connectivity index (χ0n) is 17.9. The summed E-state index contributed by atoms with van der Waals surface area (Å²) >= 11 is 12.5. The second kappa shape index (κ2) is 10.8. The number of hydrogen-bond acceptors (Lipinski definition) is 7. The molecule has 0 unspecified atom stereocenters. The first-order valence-electron chi connectivity index (χ1n) is 10.1. The smallest absolute Gasteiger partial charge is 0.266 e. The quantitative estimate of drug-likeness (QED) is 0.320. The van der Waals surface area contributed by atoms with Crippen LogP contribution in [0, 0.1) is 0 Å². The van der Waals surface area contributed by atoms with Gasteiger partial charge in [-0.2, -0.15) is 0 Å². The second-order valence-electron chi connectivity index (χ2n) is 7.10. The first kappa shape index (κ1) is 23.9. The number of benzene rings is 2. The van der Waals surface area contributed by atoms with Gasteiger partial charge in [0.25, 0.3) is 11.8 Å².